The molecule has 1 heterocycles. The first-order chi connectivity index (χ1) is 14.1. The molecule has 0 saturated heterocycles. The van der Waals surface area contributed by atoms with E-state index in [4.69, 9.17) is 11.6 Å². The number of aromatic nitrogens is 1. The van der Waals surface area contributed by atoms with Crippen LogP contribution in [0, 0.1) is 16.0 Å². The van der Waals surface area contributed by atoms with E-state index in [1.54, 1.807) is 18.2 Å². The van der Waals surface area contributed by atoms with Crippen LogP contribution < -0.4 is 10.7 Å². The number of nitrogens with zero attached hydrogens (tertiary/aromatic N) is 1. The second kappa shape index (κ2) is 8.87. The van der Waals surface area contributed by atoms with E-state index in [1.165, 1.54) is 6.07 Å². The zero-order chi connectivity index (χ0) is 22.2. The van der Waals surface area contributed by atoms with Gasteiger partial charge in [-0.15, -0.1) is 0 Å². The minimum absolute atomic E-state index is 0.00536. The highest BCUT2D eigenvalue weighted by Gasteiger charge is 2.26. The summed E-state index contributed by atoms with van der Waals surface area (Å²) in [6.45, 7) is 3.70. The van der Waals surface area contributed by atoms with Crippen LogP contribution >= 0.6 is 43.5 Å². The fourth-order valence-corrected chi connectivity index (χ4v) is 4.41. The van der Waals surface area contributed by atoms with Crippen LogP contribution in [-0.4, -0.2) is 15.7 Å². The maximum Gasteiger partial charge on any atom is 0.282 e. The van der Waals surface area contributed by atoms with Gasteiger partial charge in [0.05, 0.1) is 21.2 Å². The summed E-state index contributed by atoms with van der Waals surface area (Å²) in [5.74, 6) is -0.295. The Morgan fingerprint density at radius 2 is 1.97 bits per heavy atom. The van der Waals surface area contributed by atoms with Crippen molar-refractivity contribution >= 4 is 77.3 Å². The molecule has 1 aromatic heterocycles. The lowest BCUT2D eigenvalue weighted by Gasteiger charge is -2.15. The van der Waals surface area contributed by atoms with E-state index in [-0.39, 0.29) is 39.6 Å². The van der Waals surface area contributed by atoms with Gasteiger partial charge in [0.2, 0.25) is 5.43 Å². The lowest BCUT2D eigenvalue weighted by molar-refractivity contribution is -0.383. The maximum atomic E-state index is 13.3. The van der Waals surface area contributed by atoms with Gasteiger partial charge in [-0.2, -0.15) is 0 Å². The van der Waals surface area contributed by atoms with Gasteiger partial charge >= 0.3 is 0 Å². The van der Waals surface area contributed by atoms with Crippen molar-refractivity contribution in [1.29, 1.82) is 0 Å². The third-order valence-electron chi connectivity index (χ3n) is 4.35. The summed E-state index contributed by atoms with van der Waals surface area (Å²) in [6.07, 6.45) is 0.110. The second-order valence-corrected chi connectivity index (χ2v) is 9.23. The number of nitro benzene ring substituents is 1. The first-order valence-electron chi connectivity index (χ1n) is 8.88. The molecule has 0 bridgehead atoms. The van der Waals surface area contributed by atoms with E-state index >= 15 is 0 Å². The molecule has 0 saturated carbocycles. The van der Waals surface area contributed by atoms with Crippen LogP contribution in [0.5, 0.6) is 0 Å². The number of nitrogens with one attached hydrogen (secondary N) is 2. The number of carbonyl (C=O) groups excluding carboxylic acids is 1. The minimum atomic E-state index is -0.737. The van der Waals surface area contributed by atoms with E-state index in [9.17, 15) is 19.7 Å². The lowest BCUT2D eigenvalue weighted by atomic mass is 9.99. The predicted octanol–water partition coefficient (Wildman–Crippen LogP) is 6.59. The minimum Gasteiger partial charge on any atom is -0.340 e. The van der Waals surface area contributed by atoms with Crippen LogP contribution in [0.1, 0.15) is 30.6 Å². The molecular weight excluding hydrogens is 541 g/mol. The number of fused-ring (bicyclic) bond motifs is 1. The Morgan fingerprint density at radius 1 is 1.27 bits per heavy atom. The number of pyridine rings is 1. The fraction of sp³-hybridized carbons (Fsp3) is 0.200. The summed E-state index contributed by atoms with van der Waals surface area (Å²) in [5, 5.41) is 14.5. The number of anilines is 2. The number of hydrogen-bond acceptors (Lipinski definition) is 5. The quantitative estimate of drug-likeness (QED) is 0.202. The molecule has 0 atom stereocenters. The molecule has 0 spiro atoms. The Hall–Kier alpha value is -2.23. The number of benzene rings is 2. The van der Waals surface area contributed by atoms with Gasteiger partial charge in [0, 0.05) is 21.4 Å². The molecule has 30 heavy (non-hydrogen) atoms. The SMILES string of the molecule is CC(C)CC(=O)c1c(Nc2ccc(Br)cc2Br)[nH]c2c(Cl)ccc([N+](=O)[O-])c2c1=O. The van der Waals surface area contributed by atoms with Crippen molar-refractivity contribution in [1.82, 2.24) is 4.98 Å². The van der Waals surface area contributed by atoms with E-state index < -0.39 is 21.8 Å². The number of halogens is 3. The fourth-order valence-electron chi connectivity index (χ4n) is 3.05. The van der Waals surface area contributed by atoms with E-state index in [2.05, 4.69) is 42.2 Å². The summed E-state index contributed by atoms with van der Waals surface area (Å²) >= 11 is 13.0. The van der Waals surface area contributed by atoms with E-state index in [1.807, 2.05) is 13.8 Å². The summed E-state index contributed by atoms with van der Waals surface area (Å²) in [6, 6.07) is 7.85. The van der Waals surface area contributed by atoms with Crippen LogP contribution in [0.4, 0.5) is 17.2 Å². The lowest BCUT2D eigenvalue weighted by Crippen LogP contribution is -2.21. The Labute approximate surface area is 193 Å². The molecular formula is C20H16Br2ClN3O4. The first-order valence-corrected chi connectivity index (χ1v) is 10.8. The Morgan fingerprint density at radius 3 is 2.57 bits per heavy atom. The average molecular weight is 558 g/mol. The van der Waals surface area contributed by atoms with Gasteiger partial charge in [-0.05, 0) is 46.1 Å². The number of ketones is 1. The van der Waals surface area contributed by atoms with Crippen molar-refractivity contribution in [3.8, 4) is 0 Å². The predicted molar refractivity (Wildman–Crippen MR) is 125 cm³/mol. The third kappa shape index (κ3) is 4.43. The number of H-pyrrole nitrogens is 1. The van der Waals surface area contributed by atoms with Gasteiger partial charge in [0.15, 0.2) is 5.78 Å². The molecule has 2 aromatic carbocycles. The Kier molecular flexibility index (Phi) is 6.64. The number of nitro groups is 1. The third-order valence-corrected chi connectivity index (χ3v) is 5.81. The highest BCUT2D eigenvalue weighted by Crippen LogP contribution is 2.33. The molecule has 0 aliphatic carbocycles. The van der Waals surface area contributed by atoms with Crippen LogP contribution in [0.15, 0.2) is 44.1 Å². The normalized spacial score (nSPS) is 11.1. The van der Waals surface area contributed by atoms with Gasteiger partial charge in [0.25, 0.3) is 5.69 Å². The second-order valence-electron chi connectivity index (χ2n) is 7.05. The molecule has 2 N–H and O–H groups in total. The molecule has 0 radical (unpaired) electrons. The zero-order valence-electron chi connectivity index (χ0n) is 15.9. The van der Waals surface area contributed by atoms with Gasteiger partial charge in [0.1, 0.15) is 16.8 Å². The number of carbonyl (C=O) groups is 1. The van der Waals surface area contributed by atoms with Gasteiger partial charge in [-0.1, -0.05) is 41.4 Å². The molecule has 3 rings (SSSR count). The molecule has 0 aliphatic rings. The topological polar surface area (TPSA) is 105 Å². The van der Waals surface area contributed by atoms with Crippen molar-refractivity contribution in [3.63, 3.8) is 0 Å². The zero-order valence-corrected chi connectivity index (χ0v) is 19.8. The molecule has 10 heteroatoms. The molecule has 3 aromatic rings. The number of Topliss-reactive ketones (excluding diaryl/α,β-unsaturated/α-hetero) is 1. The first kappa shape index (κ1) is 22.5. The molecule has 156 valence electrons. The highest BCUT2D eigenvalue weighted by molar-refractivity contribution is 9.11. The average Bonchev–Trinajstić information content (AvgIpc) is 2.64. The van der Waals surface area contributed by atoms with Crippen LogP contribution in [-0.2, 0) is 0 Å². The van der Waals surface area contributed by atoms with Gasteiger partial charge in [-0.3, -0.25) is 19.7 Å². The van der Waals surface area contributed by atoms with Crippen LogP contribution in [0.2, 0.25) is 5.02 Å². The monoisotopic (exact) mass is 555 g/mol. The molecule has 0 unspecified atom stereocenters. The summed E-state index contributed by atoms with van der Waals surface area (Å²) in [5.41, 5.74) is -0.637. The molecule has 0 amide bonds. The van der Waals surface area contributed by atoms with E-state index in [0.717, 1.165) is 10.5 Å². The number of aromatic amines is 1. The highest BCUT2D eigenvalue weighted by atomic mass is 79.9. The summed E-state index contributed by atoms with van der Waals surface area (Å²) in [7, 11) is 0. The van der Waals surface area contributed by atoms with Crippen molar-refractivity contribution in [3.05, 3.63) is 70.2 Å². The van der Waals surface area contributed by atoms with Crippen molar-refractivity contribution < 1.29 is 9.72 Å². The summed E-state index contributed by atoms with van der Waals surface area (Å²) < 4.78 is 1.52. The van der Waals surface area contributed by atoms with Gasteiger partial charge in [-0.25, -0.2) is 0 Å². The van der Waals surface area contributed by atoms with Crippen LogP contribution in [0.3, 0.4) is 0 Å². The largest absolute Gasteiger partial charge is 0.340 e. The van der Waals surface area contributed by atoms with Crippen molar-refractivity contribution in [2.45, 2.75) is 20.3 Å². The smallest absolute Gasteiger partial charge is 0.282 e. The summed E-state index contributed by atoms with van der Waals surface area (Å²) in [4.78, 5) is 40.0. The Balaban J connectivity index is 2.34. The molecule has 7 nitrogen and oxygen atoms in total. The Bertz CT molecular complexity index is 1240. The van der Waals surface area contributed by atoms with Crippen molar-refractivity contribution in [2.24, 2.45) is 5.92 Å². The molecule has 0 fully saturated rings. The standard InChI is InChI=1S/C20H16Br2ClN3O4/c1-9(2)7-15(27)17-19(28)16-14(26(29)30)6-4-12(23)18(16)25-20(17)24-13-5-3-10(21)8-11(13)22/h3-6,8-9H,7H2,1-2H3,(H2,24,25,28). The van der Waals surface area contributed by atoms with Crippen molar-refractivity contribution in [2.75, 3.05) is 5.32 Å². The van der Waals surface area contributed by atoms with Crippen LogP contribution in [0.25, 0.3) is 10.9 Å². The van der Waals surface area contributed by atoms with Gasteiger partial charge < -0.3 is 10.3 Å². The number of rotatable bonds is 6. The van der Waals surface area contributed by atoms with E-state index in [0.29, 0.717) is 10.2 Å². The number of hydrogen-bond donors (Lipinski definition) is 2. The molecule has 0 aliphatic heterocycles. The maximum absolute atomic E-state index is 13.3. The number of non-ortho nitro benzene ring substituents is 1.